The van der Waals surface area contributed by atoms with Crippen LogP contribution in [0.5, 0.6) is 0 Å². The molecule has 2 N–H and O–H groups in total. The molecule has 2 heterocycles. The third kappa shape index (κ3) is 26.0. The quantitative estimate of drug-likeness (QED) is 0.0276. The highest BCUT2D eigenvalue weighted by Crippen LogP contribution is 2.47. The normalized spacial score (nSPS) is 20.7. The maximum absolute atomic E-state index is 13.6. The summed E-state index contributed by atoms with van der Waals surface area (Å²) in [5, 5.41) is 0. The number of rotatable bonds is 39. The number of ether oxygens (including phenoxy) is 5. The van der Waals surface area contributed by atoms with Gasteiger partial charge in [-0.1, -0.05) is 92.5 Å². The van der Waals surface area contributed by atoms with E-state index in [1.54, 1.807) is 0 Å². The number of halogens is 3. The predicted molar refractivity (Wildman–Crippen MR) is 241 cm³/mol. The number of alkyl halides is 2. The van der Waals surface area contributed by atoms with Gasteiger partial charge in [0, 0.05) is 24.4 Å². The van der Waals surface area contributed by atoms with E-state index in [4.69, 9.17) is 37.6 Å². The summed E-state index contributed by atoms with van der Waals surface area (Å²) in [6, 6.07) is 7.62. The number of piperidine rings is 1. The van der Waals surface area contributed by atoms with Gasteiger partial charge in [-0.05, 0) is 67.7 Å². The van der Waals surface area contributed by atoms with Gasteiger partial charge in [0.2, 0.25) is 0 Å². The van der Waals surface area contributed by atoms with E-state index in [-0.39, 0.29) is 70.5 Å². The summed E-state index contributed by atoms with van der Waals surface area (Å²) in [4.78, 5) is 36.8. The van der Waals surface area contributed by atoms with Gasteiger partial charge >= 0.3 is 15.6 Å². The van der Waals surface area contributed by atoms with Crippen LogP contribution >= 0.6 is 38.2 Å². The van der Waals surface area contributed by atoms with E-state index in [1.165, 1.54) is 37.8 Å². The van der Waals surface area contributed by atoms with E-state index in [0.29, 0.717) is 63.7 Å². The number of phosphoric acid groups is 2. The highest BCUT2D eigenvalue weighted by Gasteiger charge is 2.48. The third-order valence-electron chi connectivity index (χ3n) is 10.9. The molecule has 2 saturated heterocycles. The molecular weight excluding hydrogens is 969 g/mol. The lowest BCUT2D eigenvalue weighted by Gasteiger charge is -2.42. The molecule has 62 heavy (non-hydrogen) atoms. The second-order valence-corrected chi connectivity index (χ2v) is 18.1. The molecule has 2 bridgehead atoms. The standard InChI is InChI=1S/C41H71F2NO14P2.CH3I/c1-44-37-18-19-39(44)41(38(33-37)35-14-16-36(43)17-15-35)40(45)13-11-9-7-5-3-2-4-6-8-10-12-20-55-59(46,47)56-31-29-53-27-25-51-23-21-50-22-24-52-26-28-54-30-32-57-60(48,49)58-34-42;1-2/h14-17,37-39,41H,2-13,18-34H2,1H3,(H,46,47)(H,48,49);1H3. The number of nitrogens with zero attached hydrogens (tertiary/aromatic N) is 1. The Bertz CT molecular complexity index is 1380. The monoisotopic (exact) mass is 1040 g/mol. The van der Waals surface area contributed by atoms with Gasteiger partial charge in [-0.2, -0.15) is 0 Å². The van der Waals surface area contributed by atoms with Gasteiger partial charge in [0.15, 0.2) is 6.86 Å². The highest BCUT2D eigenvalue weighted by atomic mass is 127. The first-order valence-corrected chi connectivity index (χ1v) is 27.2. The van der Waals surface area contributed by atoms with E-state index in [0.717, 1.165) is 63.4 Å². The van der Waals surface area contributed by atoms with Crippen molar-refractivity contribution in [2.45, 2.75) is 114 Å². The molecule has 2 fully saturated rings. The van der Waals surface area contributed by atoms with Crippen LogP contribution in [0.4, 0.5) is 8.78 Å². The molecule has 0 radical (unpaired) electrons. The third-order valence-corrected chi connectivity index (χ3v) is 12.9. The molecule has 2 aliphatic rings. The Hall–Kier alpha value is -0.540. The SMILES string of the molecule is CI.CN1C2CCC1C(C(=O)CCCCCCCCCCCCCOP(=O)(O)OCCOCCOCCOCCOCCOCCOP(=O)(O)OCF)C(c1ccc(F)cc1)C2. The largest absolute Gasteiger partial charge is 0.474 e. The molecule has 6 atom stereocenters. The smallest absolute Gasteiger partial charge is 0.377 e. The number of hydrogen-bond acceptors (Lipinski definition) is 13. The number of carbonyl (C=O) groups is 1. The predicted octanol–water partition coefficient (Wildman–Crippen LogP) is 8.97. The molecule has 15 nitrogen and oxygen atoms in total. The summed E-state index contributed by atoms with van der Waals surface area (Å²) in [6.45, 7) is 1.15. The average molecular weight is 1040 g/mol. The van der Waals surface area contributed by atoms with Gasteiger partial charge in [-0.3, -0.25) is 27.8 Å². The van der Waals surface area contributed by atoms with Crippen LogP contribution < -0.4 is 0 Å². The molecular formula is C42H74F2INO14P2. The van der Waals surface area contributed by atoms with Crippen molar-refractivity contribution in [3.8, 4) is 0 Å². The molecule has 0 aliphatic carbocycles. The number of ketones is 1. The van der Waals surface area contributed by atoms with E-state index < -0.39 is 22.5 Å². The molecule has 6 unspecified atom stereocenters. The minimum atomic E-state index is -4.36. The van der Waals surface area contributed by atoms with Gasteiger partial charge < -0.3 is 33.5 Å². The Morgan fingerprint density at radius 1 is 0.629 bits per heavy atom. The Kier molecular flexibility index (Phi) is 33.1. The first kappa shape index (κ1) is 57.6. The Morgan fingerprint density at radius 3 is 1.50 bits per heavy atom. The van der Waals surface area contributed by atoms with Crippen LogP contribution in [0.1, 0.15) is 108 Å². The fourth-order valence-corrected chi connectivity index (χ4v) is 9.08. The second-order valence-electron chi connectivity index (χ2n) is 15.2. The molecule has 0 saturated carbocycles. The van der Waals surface area contributed by atoms with Crippen LogP contribution in [0.2, 0.25) is 0 Å². The summed E-state index contributed by atoms with van der Waals surface area (Å²) < 4.78 is 93.7. The van der Waals surface area contributed by atoms with Gasteiger partial charge in [0.1, 0.15) is 11.6 Å². The first-order chi connectivity index (χ1) is 30.0. The zero-order valence-electron chi connectivity index (χ0n) is 36.9. The van der Waals surface area contributed by atoms with Crippen LogP contribution in [-0.2, 0) is 55.7 Å². The van der Waals surface area contributed by atoms with Crippen LogP contribution in [-0.4, -0.2) is 137 Å². The maximum atomic E-state index is 13.6. The van der Waals surface area contributed by atoms with Crippen molar-refractivity contribution >= 4 is 44.0 Å². The number of benzene rings is 1. The fraction of sp³-hybridized carbons (Fsp3) is 0.833. The number of Topliss-reactive ketones (excluding diaryl/α,β-unsaturated/α-hetero) is 1. The van der Waals surface area contributed by atoms with Crippen LogP contribution in [0, 0.1) is 11.7 Å². The second kappa shape index (κ2) is 35.6. The molecule has 1 aromatic carbocycles. The fourth-order valence-electron chi connectivity index (χ4n) is 7.84. The lowest BCUT2D eigenvalue weighted by Crippen LogP contribution is -2.48. The minimum Gasteiger partial charge on any atom is -0.377 e. The highest BCUT2D eigenvalue weighted by molar-refractivity contribution is 14.1. The Morgan fingerprint density at radius 2 is 1.03 bits per heavy atom. The molecule has 3 rings (SSSR count). The molecule has 362 valence electrons. The number of hydrogen-bond donors (Lipinski definition) is 2. The van der Waals surface area contributed by atoms with Crippen molar-refractivity contribution in [2.24, 2.45) is 5.92 Å². The van der Waals surface area contributed by atoms with Gasteiger partial charge in [-0.15, -0.1) is 0 Å². The van der Waals surface area contributed by atoms with Gasteiger partial charge in [0.25, 0.3) is 0 Å². The molecule has 2 aliphatic heterocycles. The molecule has 0 aromatic heterocycles. The first-order valence-electron chi connectivity index (χ1n) is 22.1. The van der Waals surface area contributed by atoms with Crippen molar-refractivity contribution < 1.29 is 74.3 Å². The van der Waals surface area contributed by atoms with Crippen LogP contribution in [0.3, 0.4) is 0 Å². The zero-order chi connectivity index (χ0) is 45.3. The summed E-state index contributed by atoms with van der Waals surface area (Å²) in [5.41, 5.74) is 1.11. The molecule has 20 heteroatoms. The summed E-state index contributed by atoms with van der Waals surface area (Å²) in [6.07, 6.45) is 15.5. The number of carbonyl (C=O) groups excluding carboxylic acids is 1. The summed E-state index contributed by atoms with van der Waals surface area (Å²) >= 11 is 2.15. The zero-order valence-corrected chi connectivity index (χ0v) is 40.8. The van der Waals surface area contributed by atoms with E-state index in [2.05, 4.69) is 43.6 Å². The van der Waals surface area contributed by atoms with Crippen LogP contribution in [0.15, 0.2) is 24.3 Å². The summed E-state index contributed by atoms with van der Waals surface area (Å²) in [7, 11) is -6.32. The van der Waals surface area contributed by atoms with E-state index in [9.17, 15) is 27.6 Å². The van der Waals surface area contributed by atoms with Crippen molar-refractivity contribution in [2.75, 3.05) is 105 Å². The van der Waals surface area contributed by atoms with E-state index >= 15 is 0 Å². The maximum Gasteiger partial charge on any atom is 0.474 e. The lowest BCUT2D eigenvalue weighted by molar-refractivity contribution is -0.127. The lowest BCUT2D eigenvalue weighted by atomic mass is 9.73. The van der Waals surface area contributed by atoms with Crippen molar-refractivity contribution in [1.29, 1.82) is 0 Å². The van der Waals surface area contributed by atoms with Crippen molar-refractivity contribution in [1.82, 2.24) is 4.90 Å². The summed E-state index contributed by atoms with van der Waals surface area (Å²) in [5.74, 6) is 0.342. The Balaban J connectivity index is 0.00000651. The van der Waals surface area contributed by atoms with Crippen molar-refractivity contribution in [3.05, 3.63) is 35.6 Å². The number of phosphoric ester groups is 2. The average Bonchev–Trinajstić information content (AvgIpc) is 3.47. The topological polar surface area (TPSA) is 178 Å². The number of fused-ring (bicyclic) bond motifs is 2. The molecule has 0 amide bonds. The molecule has 1 aromatic rings. The van der Waals surface area contributed by atoms with Gasteiger partial charge in [-0.25, -0.2) is 17.9 Å². The molecule has 0 spiro atoms. The van der Waals surface area contributed by atoms with Gasteiger partial charge in [0.05, 0.1) is 85.9 Å². The van der Waals surface area contributed by atoms with Crippen LogP contribution in [0.25, 0.3) is 0 Å². The van der Waals surface area contributed by atoms with Crippen molar-refractivity contribution in [3.63, 3.8) is 0 Å². The minimum absolute atomic E-state index is 0.00453. The number of unbranched alkanes of at least 4 members (excludes halogenated alkanes) is 10. The Labute approximate surface area is 382 Å². The van der Waals surface area contributed by atoms with E-state index in [1.807, 2.05) is 17.1 Å².